The molecule has 0 spiro atoms. The molecule has 0 fully saturated rings. The molecule has 36 valence electrons. The monoisotopic (exact) mass is 555 g/mol. The SMILES string of the molecule is [Br][Sn]([Br])([Br])[Br].[Sn]. The quantitative estimate of drug-likeness (QED) is 0.403. The zero-order valence-corrected chi connectivity index (χ0v) is 14.6. The molecule has 0 aromatic carbocycles. The fraction of sp³-hybridized carbons (Fsp3) is 0. The van der Waals surface area contributed by atoms with Crippen molar-refractivity contribution in [3.05, 3.63) is 0 Å². The van der Waals surface area contributed by atoms with Crippen molar-refractivity contribution in [1.29, 1.82) is 0 Å². The average molecular weight is 557 g/mol. The Morgan fingerprint density at radius 3 is 0.833 bits per heavy atom. The molecular formula is Br4Sn2. The van der Waals surface area contributed by atoms with Gasteiger partial charge in [-0.2, -0.15) is 0 Å². The van der Waals surface area contributed by atoms with Crippen molar-refractivity contribution < 1.29 is 0 Å². The van der Waals surface area contributed by atoms with Gasteiger partial charge < -0.3 is 0 Å². The molecule has 0 aromatic heterocycles. The van der Waals surface area contributed by atoms with E-state index in [0.29, 0.717) is 0 Å². The summed E-state index contributed by atoms with van der Waals surface area (Å²) in [7, 11) is -1.93. The molecule has 6 heteroatoms. The van der Waals surface area contributed by atoms with E-state index in [-0.39, 0.29) is 23.9 Å². The molecule has 0 aliphatic carbocycles. The van der Waals surface area contributed by atoms with Gasteiger partial charge in [0.25, 0.3) is 0 Å². The zero-order chi connectivity index (χ0) is 4.50. The zero-order valence-electron chi connectivity index (χ0n) is 2.51. The van der Waals surface area contributed by atoms with Crippen LogP contribution in [0.3, 0.4) is 0 Å². The second-order valence-corrected chi connectivity index (χ2v) is 77.6. The third-order valence-corrected chi connectivity index (χ3v) is 0. The van der Waals surface area contributed by atoms with Gasteiger partial charge in [0.2, 0.25) is 0 Å². The Kier molecular flexibility index (Phi) is 10.8. The second-order valence-electron chi connectivity index (χ2n) is 0.429. The van der Waals surface area contributed by atoms with Crippen molar-refractivity contribution in [1.82, 2.24) is 0 Å². The Morgan fingerprint density at radius 2 is 0.833 bits per heavy atom. The third kappa shape index (κ3) is 25.8. The fourth-order valence-electron chi connectivity index (χ4n) is 0. The maximum absolute atomic E-state index is 3.34. The first-order valence-corrected chi connectivity index (χ1v) is 26.3. The summed E-state index contributed by atoms with van der Waals surface area (Å²) in [5.74, 6) is 0. The standard InChI is InChI=1S/4BrH.2Sn/h4*1H;;/q;;;;;+4/p-4. The molecule has 0 atom stereocenters. The molecule has 0 saturated heterocycles. The molecule has 0 bridgehead atoms. The predicted octanol–water partition coefficient (Wildman–Crippen LogP) is 2.62. The summed E-state index contributed by atoms with van der Waals surface area (Å²) in [6.07, 6.45) is 0. The van der Waals surface area contributed by atoms with Gasteiger partial charge in [0.15, 0.2) is 0 Å². The molecule has 6 heavy (non-hydrogen) atoms. The van der Waals surface area contributed by atoms with Crippen LogP contribution in [0.1, 0.15) is 0 Å². The van der Waals surface area contributed by atoms with Gasteiger partial charge in [-0.15, -0.1) is 0 Å². The molecule has 0 rings (SSSR count). The largest absolute Gasteiger partial charge is 0 e. The van der Waals surface area contributed by atoms with Crippen LogP contribution in [0.2, 0.25) is 0 Å². The van der Waals surface area contributed by atoms with Gasteiger partial charge >= 0.3 is 60.3 Å². The molecule has 0 amide bonds. The Labute approximate surface area is 82.1 Å². The van der Waals surface area contributed by atoms with Crippen molar-refractivity contribution in [2.24, 2.45) is 0 Å². The molecule has 4 radical (unpaired) electrons. The molecule has 0 aliphatic rings. The van der Waals surface area contributed by atoms with Crippen LogP contribution in [0.25, 0.3) is 0 Å². The summed E-state index contributed by atoms with van der Waals surface area (Å²) in [5, 5.41) is 0. The number of rotatable bonds is 0. The van der Waals surface area contributed by atoms with E-state index < -0.39 is 9.49 Å². The van der Waals surface area contributed by atoms with E-state index in [1.165, 1.54) is 0 Å². The smallest absolute Gasteiger partial charge is 0 e. The van der Waals surface area contributed by atoms with Crippen molar-refractivity contribution in [3.63, 3.8) is 0 Å². The van der Waals surface area contributed by atoms with Crippen LogP contribution in [0.15, 0.2) is 0 Å². The molecule has 0 aliphatic heterocycles. The average Bonchev–Trinajstić information content (AvgIpc) is 0.722. The molecule has 0 saturated carbocycles. The van der Waals surface area contributed by atoms with Crippen molar-refractivity contribution in [2.75, 3.05) is 0 Å². The molecule has 0 unspecified atom stereocenters. The van der Waals surface area contributed by atoms with E-state index in [9.17, 15) is 0 Å². The first kappa shape index (κ1) is 12.2. The minimum atomic E-state index is -1.93. The fourth-order valence-corrected chi connectivity index (χ4v) is 0. The van der Waals surface area contributed by atoms with Gasteiger partial charge in [-0.1, -0.05) is 0 Å². The van der Waals surface area contributed by atoms with E-state index in [0.717, 1.165) is 0 Å². The molecule has 0 heterocycles. The normalized spacial score (nSPS) is 10.0. The first-order valence-electron chi connectivity index (χ1n) is 0.756. The number of hydrogen-bond donors (Lipinski definition) is 0. The molecular weight excluding hydrogens is 557 g/mol. The van der Waals surface area contributed by atoms with Gasteiger partial charge in [0, 0.05) is 23.9 Å². The second kappa shape index (κ2) is 5.31. The maximum atomic E-state index is 3.34. The molecule has 0 nitrogen and oxygen atoms in total. The van der Waals surface area contributed by atoms with E-state index in [2.05, 4.69) is 50.8 Å². The summed E-state index contributed by atoms with van der Waals surface area (Å²) >= 11 is 13.3. The summed E-state index contributed by atoms with van der Waals surface area (Å²) < 4.78 is 0. The van der Waals surface area contributed by atoms with Crippen LogP contribution in [-0.4, -0.2) is 33.4 Å². The van der Waals surface area contributed by atoms with Crippen LogP contribution in [0.4, 0.5) is 0 Å². The molecule has 0 N–H and O–H groups in total. The first-order chi connectivity index (χ1) is 2.00. The Hall–Kier alpha value is 3.52. The van der Waals surface area contributed by atoms with Gasteiger partial charge in [-0.25, -0.2) is 0 Å². The van der Waals surface area contributed by atoms with E-state index in [1.54, 1.807) is 0 Å². The van der Waals surface area contributed by atoms with Gasteiger partial charge in [0.1, 0.15) is 0 Å². The van der Waals surface area contributed by atoms with Crippen molar-refractivity contribution in [2.45, 2.75) is 0 Å². The number of halogens is 4. The maximum Gasteiger partial charge on any atom is 0 e. The Bertz CT molecular complexity index is 21.0. The van der Waals surface area contributed by atoms with E-state index in [4.69, 9.17) is 0 Å². The van der Waals surface area contributed by atoms with E-state index in [1.807, 2.05) is 0 Å². The van der Waals surface area contributed by atoms with Gasteiger partial charge in [-0.05, 0) is 0 Å². The summed E-state index contributed by atoms with van der Waals surface area (Å²) in [4.78, 5) is 0. The number of hydrogen-bond acceptors (Lipinski definition) is 0. The summed E-state index contributed by atoms with van der Waals surface area (Å²) in [6.45, 7) is 0. The summed E-state index contributed by atoms with van der Waals surface area (Å²) in [5.41, 5.74) is 0. The predicted molar refractivity (Wildman–Crippen MR) is 47.2 cm³/mol. The third-order valence-electron chi connectivity index (χ3n) is 0. The van der Waals surface area contributed by atoms with Crippen LogP contribution in [0.5, 0.6) is 0 Å². The van der Waals surface area contributed by atoms with Crippen molar-refractivity contribution in [3.8, 4) is 0 Å². The van der Waals surface area contributed by atoms with Crippen LogP contribution in [-0.2, 0) is 0 Å². The van der Waals surface area contributed by atoms with Crippen LogP contribution >= 0.6 is 50.8 Å². The van der Waals surface area contributed by atoms with Crippen LogP contribution < -0.4 is 0 Å². The van der Waals surface area contributed by atoms with E-state index >= 15 is 0 Å². The van der Waals surface area contributed by atoms with Gasteiger partial charge in [0.05, 0.1) is 0 Å². The molecule has 0 aromatic rings. The topological polar surface area (TPSA) is 0 Å². The minimum absolute atomic E-state index is 0. The Balaban J connectivity index is 0. The van der Waals surface area contributed by atoms with Crippen LogP contribution in [0, 0.1) is 0 Å². The summed E-state index contributed by atoms with van der Waals surface area (Å²) in [6, 6.07) is 0. The van der Waals surface area contributed by atoms with Gasteiger partial charge in [-0.3, -0.25) is 0 Å². The minimum Gasteiger partial charge on any atom is 0 e. The Morgan fingerprint density at radius 1 is 0.833 bits per heavy atom. The van der Waals surface area contributed by atoms with Crippen molar-refractivity contribution >= 4 is 84.2 Å².